The Morgan fingerprint density at radius 3 is 2.79 bits per heavy atom. The molecular formula is C15H22F2N2. The van der Waals surface area contributed by atoms with Crippen molar-refractivity contribution < 1.29 is 8.78 Å². The highest BCUT2D eigenvalue weighted by Crippen LogP contribution is 2.26. The zero-order valence-electron chi connectivity index (χ0n) is 11.4. The topological polar surface area (TPSA) is 29.3 Å². The third-order valence-corrected chi connectivity index (χ3v) is 4.18. The van der Waals surface area contributed by atoms with Crippen LogP contribution in [-0.2, 0) is 6.54 Å². The van der Waals surface area contributed by atoms with E-state index in [1.165, 1.54) is 18.6 Å². The van der Waals surface area contributed by atoms with Crippen molar-refractivity contribution in [2.45, 2.75) is 38.8 Å². The Kier molecular flexibility index (Phi) is 4.88. The summed E-state index contributed by atoms with van der Waals surface area (Å²) in [5, 5.41) is 0. The first kappa shape index (κ1) is 14.4. The van der Waals surface area contributed by atoms with Crippen molar-refractivity contribution in [1.82, 2.24) is 4.90 Å². The number of nitrogens with zero attached hydrogens (tertiary/aromatic N) is 1. The molecule has 1 saturated heterocycles. The van der Waals surface area contributed by atoms with Crippen LogP contribution in [0.4, 0.5) is 8.78 Å². The van der Waals surface area contributed by atoms with E-state index in [1.54, 1.807) is 0 Å². The van der Waals surface area contributed by atoms with Crippen molar-refractivity contribution in [3.05, 3.63) is 35.4 Å². The van der Waals surface area contributed by atoms with E-state index in [4.69, 9.17) is 5.73 Å². The second-order valence-corrected chi connectivity index (χ2v) is 5.39. The fourth-order valence-electron chi connectivity index (χ4n) is 2.88. The zero-order valence-corrected chi connectivity index (χ0v) is 11.4. The van der Waals surface area contributed by atoms with E-state index in [9.17, 15) is 8.78 Å². The number of piperidine rings is 1. The SMILES string of the molecule is CCC1CCN(Cc2ccc(F)cc2F)C(CN)C1. The molecule has 4 heteroatoms. The second kappa shape index (κ2) is 6.44. The lowest BCUT2D eigenvalue weighted by molar-refractivity contribution is 0.106. The molecular weight excluding hydrogens is 246 g/mol. The van der Waals surface area contributed by atoms with E-state index >= 15 is 0 Å². The summed E-state index contributed by atoms with van der Waals surface area (Å²) in [7, 11) is 0. The standard InChI is InChI=1S/C15H22F2N2/c1-2-11-5-6-19(14(7-11)9-18)10-12-3-4-13(16)8-15(12)17/h3-4,8,11,14H,2,5-7,9-10,18H2,1H3. The molecule has 2 unspecified atom stereocenters. The predicted molar refractivity (Wildman–Crippen MR) is 72.6 cm³/mol. The molecule has 1 aromatic rings. The van der Waals surface area contributed by atoms with Gasteiger partial charge in [-0.1, -0.05) is 19.4 Å². The summed E-state index contributed by atoms with van der Waals surface area (Å²) in [6.07, 6.45) is 3.39. The lowest BCUT2D eigenvalue weighted by Gasteiger charge is -2.38. The van der Waals surface area contributed by atoms with Crippen molar-refractivity contribution in [3.8, 4) is 0 Å². The van der Waals surface area contributed by atoms with Crippen LogP contribution in [-0.4, -0.2) is 24.0 Å². The molecule has 106 valence electrons. The molecule has 1 heterocycles. The van der Waals surface area contributed by atoms with Gasteiger partial charge in [0.2, 0.25) is 0 Å². The van der Waals surface area contributed by atoms with Gasteiger partial charge in [-0.05, 0) is 31.4 Å². The van der Waals surface area contributed by atoms with Crippen LogP contribution >= 0.6 is 0 Å². The van der Waals surface area contributed by atoms with Gasteiger partial charge in [-0.15, -0.1) is 0 Å². The summed E-state index contributed by atoms with van der Waals surface area (Å²) in [5.41, 5.74) is 6.38. The quantitative estimate of drug-likeness (QED) is 0.909. The second-order valence-electron chi connectivity index (χ2n) is 5.39. The Morgan fingerprint density at radius 2 is 2.16 bits per heavy atom. The molecule has 2 nitrogen and oxygen atoms in total. The lowest BCUT2D eigenvalue weighted by Crippen LogP contribution is -2.46. The van der Waals surface area contributed by atoms with Gasteiger partial charge in [0.05, 0.1) is 0 Å². The highest BCUT2D eigenvalue weighted by Gasteiger charge is 2.27. The maximum atomic E-state index is 13.7. The molecule has 2 atom stereocenters. The van der Waals surface area contributed by atoms with Crippen molar-refractivity contribution >= 4 is 0 Å². The fraction of sp³-hybridized carbons (Fsp3) is 0.600. The Hall–Kier alpha value is -1.00. The van der Waals surface area contributed by atoms with Crippen molar-refractivity contribution in [2.24, 2.45) is 11.7 Å². The van der Waals surface area contributed by atoms with Crippen LogP contribution in [0.3, 0.4) is 0 Å². The molecule has 0 radical (unpaired) electrons. The van der Waals surface area contributed by atoms with Gasteiger partial charge in [-0.25, -0.2) is 8.78 Å². The molecule has 0 saturated carbocycles. The molecule has 2 rings (SSSR count). The Labute approximate surface area is 113 Å². The first-order valence-electron chi connectivity index (χ1n) is 7.02. The van der Waals surface area contributed by atoms with Crippen LogP contribution in [0.25, 0.3) is 0 Å². The van der Waals surface area contributed by atoms with Gasteiger partial charge in [0.1, 0.15) is 11.6 Å². The molecule has 19 heavy (non-hydrogen) atoms. The highest BCUT2D eigenvalue weighted by atomic mass is 19.1. The summed E-state index contributed by atoms with van der Waals surface area (Å²) >= 11 is 0. The van der Waals surface area contributed by atoms with Crippen LogP contribution in [0.15, 0.2) is 18.2 Å². The van der Waals surface area contributed by atoms with E-state index in [2.05, 4.69) is 11.8 Å². The molecule has 1 aliphatic rings. The number of likely N-dealkylation sites (tertiary alicyclic amines) is 1. The van der Waals surface area contributed by atoms with E-state index in [-0.39, 0.29) is 0 Å². The molecule has 2 N–H and O–H groups in total. The molecule has 1 aromatic carbocycles. The van der Waals surface area contributed by atoms with Crippen molar-refractivity contribution in [1.29, 1.82) is 0 Å². The lowest BCUT2D eigenvalue weighted by atomic mass is 9.88. The van der Waals surface area contributed by atoms with Gasteiger partial charge in [-0.2, -0.15) is 0 Å². The van der Waals surface area contributed by atoms with Gasteiger partial charge in [-0.3, -0.25) is 4.90 Å². The molecule has 0 spiro atoms. The number of halogens is 2. The normalized spacial score (nSPS) is 24.6. The van der Waals surface area contributed by atoms with Crippen LogP contribution in [0.1, 0.15) is 31.7 Å². The van der Waals surface area contributed by atoms with Crippen molar-refractivity contribution in [2.75, 3.05) is 13.1 Å². The van der Waals surface area contributed by atoms with Crippen LogP contribution in [0, 0.1) is 17.6 Å². The summed E-state index contributed by atoms with van der Waals surface area (Å²) in [6.45, 7) is 4.26. The molecule has 0 bridgehead atoms. The Morgan fingerprint density at radius 1 is 1.37 bits per heavy atom. The van der Waals surface area contributed by atoms with E-state index < -0.39 is 11.6 Å². The largest absolute Gasteiger partial charge is 0.329 e. The molecule has 0 amide bonds. The van der Waals surface area contributed by atoms with Crippen LogP contribution in [0.2, 0.25) is 0 Å². The third kappa shape index (κ3) is 3.51. The number of hydrogen-bond acceptors (Lipinski definition) is 2. The summed E-state index contributed by atoms with van der Waals surface area (Å²) < 4.78 is 26.6. The minimum Gasteiger partial charge on any atom is -0.329 e. The van der Waals surface area contributed by atoms with E-state index in [1.807, 2.05) is 0 Å². The number of benzene rings is 1. The molecule has 0 aromatic heterocycles. The third-order valence-electron chi connectivity index (χ3n) is 4.18. The molecule has 1 aliphatic heterocycles. The van der Waals surface area contributed by atoms with Gasteiger partial charge in [0, 0.05) is 30.8 Å². The molecule has 1 fully saturated rings. The number of nitrogens with two attached hydrogens (primary N) is 1. The van der Waals surface area contributed by atoms with Gasteiger partial charge >= 0.3 is 0 Å². The molecule has 0 aliphatic carbocycles. The van der Waals surface area contributed by atoms with Crippen LogP contribution in [0.5, 0.6) is 0 Å². The first-order valence-corrected chi connectivity index (χ1v) is 7.02. The maximum Gasteiger partial charge on any atom is 0.130 e. The average Bonchev–Trinajstić information content (AvgIpc) is 2.42. The fourth-order valence-corrected chi connectivity index (χ4v) is 2.88. The van der Waals surface area contributed by atoms with E-state index in [0.717, 1.165) is 31.4 Å². The smallest absolute Gasteiger partial charge is 0.130 e. The first-order chi connectivity index (χ1) is 9.13. The van der Waals surface area contributed by atoms with Crippen LogP contribution < -0.4 is 5.73 Å². The number of hydrogen-bond donors (Lipinski definition) is 1. The Bertz CT molecular complexity index is 423. The minimum atomic E-state index is -0.527. The summed E-state index contributed by atoms with van der Waals surface area (Å²) in [5.74, 6) is -0.266. The minimum absolute atomic E-state index is 0.308. The highest BCUT2D eigenvalue weighted by molar-refractivity contribution is 5.18. The van der Waals surface area contributed by atoms with Gasteiger partial charge in [0.15, 0.2) is 0 Å². The summed E-state index contributed by atoms with van der Waals surface area (Å²) in [6, 6.07) is 4.10. The monoisotopic (exact) mass is 268 g/mol. The van der Waals surface area contributed by atoms with Gasteiger partial charge in [0.25, 0.3) is 0 Å². The number of rotatable bonds is 4. The average molecular weight is 268 g/mol. The Balaban J connectivity index is 2.05. The van der Waals surface area contributed by atoms with E-state index in [0.29, 0.717) is 24.7 Å². The zero-order chi connectivity index (χ0) is 13.8. The summed E-state index contributed by atoms with van der Waals surface area (Å²) in [4.78, 5) is 2.22. The predicted octanol–water partition coefficient (Wildman–Crippen LogP) is 2.91. The maximum absolute atomic E-state index is 13.7. The van der Waals surface area contributed by atoms with Crippen molar-refractivity contribution in [3.63, 3.8) is 0 Å². The van der Waals surface area contributed by atoms with Gasteiger partial charge < -0.3 is 5.73 Å².